The molecule has 13 heteroatoms. The van der Waals surface area contributed by atoms with Crippen LogP contribution in [-0.2, 0) is 36.9 Å². The van der Waals surface area contributed by atoms with Gasteiger partial charge >= 0.3 is 16.5 Å². The minimum Gasteiger partial charge on any atom is -0.663 e. The van der Waals surface area contributed by atoms with Gasteiger partial charge in [0.25, 0.3) is 11.8 Å². The molecule has 0 aromatic heterocycles. The van der Waals surface area contributed by atoms with E-state index in [1.807, 2.05) is 98.8 Å². The van der Waals surface area contributed by atoms with Crippen molar-refractivity contribution in [3.05, 3.63) is 155 Å². The maximum atomic E-state index is 12.6. The Bertz CT molecular complexity index is 1820. The molecular formula is C46H60N6NiO6. The molecule has 59 heavy (non-hydrogen) atoms. The number of amides is 2. The fourth-order valence-electron chi connectivity index (χ4n) is 5.20. The number of rotatable bonds is 6. The van der Waals surface area contributed by atoms with Gasteiger partial charge in [-0.05, 0) is 60.1 Å². The summed E-state index contributed by atoms with van der Waals surface area (Å²) in [5, 5.41) is 48.4. The van der Waals surface area contributed by atoms with Crippen molar-refractivity contribution in [2.45, 2.75) is 66.2 Å². The van der Waals surface area contributed by atoms with Crippen LogP contribution in [-0.4, -0.2) is 72.1 Å². The zero-order valence-electron chi connectivity index (χ0n) is 36.2. The monoisotopic (exact) mass is 850 g/mol. The van der Waals surface area contributed by atoms with Crippen molar-refractivity contribution in [2.24, 2.45) is 10.2 Å². The fraction of sp³-hybridized carbons (Fsp3) is 0.304. The first kappa shape index (κ1) is 53.6. The Morgan fingerprint density at radius 3 is 1.00 bits per heavy atom. The van der Waals surface area contributed by atoms with Crippen LogP contribution in [0.5, 0.6) is 0 Å². The largest absolute Gasteiger partial charge is 2.00 e. The molecule has 0 aliphatic carbocycles. The van der Waals surface area contributed by atoms with Gasteiger partial charge in [-0.25, -0.2) is 0 Å². The number of nitrogens with zero attached hydrogens (tertiary/aromatic N) is 6. The molecule has 0 atom stereocenters. The van der Waals surface area contributed by atoms with E-state index >= 15 is 0 Å². The van der Waals surface area contributed by atoms with E-state index in [-0.39, 0.29) is 39.1 Å². The van der Waals surface area contributed by atoms with Crippen molar-refractivity contribution in [2.75, 3.05) is 38.5 Å². The van der Waals surface area contributed by atoms with E-state index in [0.717, 1.165) is 51.2 Å². The van der Waals surface area contributed by atoms with Gasteiger partial charge in [0, 0.05) is 39.6 Å². The van der Waals surface area contributed by atoms with Gasteiger partial charge in [-0.1, -0.05) is 126 Å². The summed E-state index contributed by atoms with van der Waals surface area (Å²) >= 11 is 0. The van der Waals surface area contributed by atoms with Gasteiger partial charge in [0.15, 0.2) is 0 Å². The number of para-hydroxylation sites is 2. The van der Waals surface area contributed by atoms with Crippen LogP contribution < -0.4 is 10.0 Å². The summed E-state index contributed by atoms with van der Waals surface area (Å²) in [6, 6.07) is 35.0. The molecular weight excluding hydrogens is 791 g/mol. The third-order valence-corrected chi connectivity index (χ3v) is 8.28. The minimum atomic E-state index is -0.154. The number of anilines is 2. The zero-order valence-corrected chi connectivity index (χ0v) is 37.1. The average molecular weight is 852 g/mol. The van der Waals surface area contributed by atoms with Crippen LogP contribution in [0.25, 0.3) is 10.6 Å². The van der Waals surface area contributed by atoms with Crippen LogP contribution in [0.15, 0.2) is 143 Å². The summed E-state index contributed by atoms with van der Waals surface area (Å²) in [6.45, 7) is 16.7. The molecule has 320 valence electrons. The molecule has 4 aromatic rings. The molecule has 2 heterocycles. The molecule has 0 saturated carbocycles. The average Bonchev–Trinajstić information content (AvgIpc) is 3.70. The number of carbonyl (C=O) groups is 2. The van der Waals surface area contributed by atoms with Gasteiger partial charge in [-0.15, -0.1) is 11.4 Å². The minimum absolute atomic E-state index is 0. The van der Waals surface area contributed by atoms with Crippen LogP contribution in [0.2, 0.25) is 0 Å². The molecule has 4 aromatic carbocycles. The number of aliphatic hydroxyl groups is 4. The van der Waals surface area contributed by atoms with E-state index in [1.54, 1.807) is 12.4 Å². The first-order valence-electron chi connectivity index (χ1n) is 18.4. The number of carbonyl (C=O) groups excluding carboxylic acids is 2. The molecule has 2 amide bonds. The molecule has 12 nitrogen and oxygen atoms in total. The Morgan fingerprint density at radius 1 is 0.475 bits per heavy atom. The summed E-state index contributed by atoms with van der Waals surface area (Å²) in [5.74, 6) is -0.308. The number of hydrazone groups is 2. The molecule has 6 rings (SSSR count). The molecule has 2 aliphatic heterocycles. The standard InChI is InChI=1S/2C21H23N3O.4CH4O.Ni/c2*1-15-19(20(25)24(23-15)18-8-6-5-7-9-18)14-22-17-12-10-16(11-13-17)21(2,3)4;4*1-2;/h2*5-14H,1-4H3,(H,22,23,25);4*2H,1H3;/q;;;;;;+2/p-2. The van der Waals surface area contributed by atoms with Gasteiger partial charge in [-0.3, -0.25) is 9.59 Å². The summed E-state index contributed by atoms with van der Waals surface area (Å²) in [4.78, 5) is 25.2. The summed E-state index contributed by atoms with van der Waals surface area (Å²) < 4.78 is 0. The van der Waals surface area contributed by atoms with Crippen molar-refractivity contribution < 1.29 is 46.5 Å². The Hall–Kier alpha value is -5.43. The fourth-order valence-corrected chi connectivity index (χ4v) is 5.20. The maximum absolute atomic E-state index is 12.6. The molecule has 0 unspecified atom stereocenters. The van der Waals surface area contributed by atoms with Crippen molar-refractivity contribution in [3.8, 4) is 0 Å². The second-order valence-electron chi connectivity index (χ2n) is 14.2. The van der Waals surface area contributed by atoms with Gasteiger partial charge in [-0.2, -0.15) is 32.6 Å². The Morgan fingerprint density at radius 2 is 0.746 bits per heavy atom. The molecule has 0 bridgehead atoms. The van der Waals surface area contributed by atoms with E-state index in [4.69, 9.17) is 20.4 Å². The third kappa shape index (κ3) is 15.7. The van der Waals surface area contributed by atoms with Crippen molar-refractivity contribution in [3.63, 3.8) is 0 Å². The van der Waals surface area contributed by atoms with Gasteiger partial charge in [0.1, 0.15) is 0 Å². The Labute approximate surface area is 360 Å². The first-order chi connectivity index (χ1) is 27.7. The van der Waals surface area contributed by atoms with Gasteiger partial charge < -0.3 is 31.1 Å². The molecule has 0 spiro atoms. The summed E-state index contributed by atoms with van der Waals surface area (Å²) in [5.41, 5.74) is 8.25. The number of benzene rings is 4. The number of hydrogen-bond donors (Lipinski definition) is 4. The van der Waals surface area contributed by atoms with Crippen LogP contribution in [0, 0.1) is 0 Å². The topological polar surface area (TPSA) is 174 Å². The van der Waals surface area contributed by atoms with Crippen molar-refractivity contribution >= 4 is 46.0 Å². The zero-order chi connectivity index (χ0) is 44.1. The number of aliphatic hydroxyl groups excluding tert-OH is 4. The quantitative estimate of drug-likeness (QED) is 0.111. The first-order valence-corrected chi connectivity index (χ1v) is 18.4. The molecule has 0 fully saturated rings. The van der Waals surface area contributed by atoms with E-state index in [2.05, 4.69) is 86.6 Å². The second kappa shape index (κ2) is 26.5. The van der Waals surface area contributed by atoms with Gasteiger partial charge in [0.05, 0.1) is 22.8 Å². The Balaban J connectivity index is 0.000000962. The van der Waals surface area contributed by atoms with Crippen LogP contribution >= 0.6 is 0 Å². The Kier molecular flexibility index (Phi) is 24.1. The molecule has 4 N–H and O–H groups in total. The van der Waals surface area contributed by atoms with E-state index in [1.165, 1.54) is 21.1 Å². The maximum Gasteiger partial charge on any atom is 2.00 e. The SMILES string of the molecule is CC1=NN(c2ccccc2)C(=O)/C1=C\[N-]c1ccc(C(C)(C)C)cc1.CC1=NN(c2ccccc2)C(=O)/C1=C\[N-]c1ccc(C(C)(C)C)cc1.CO.CO.CO.CO.[Ni+2]. The third-order valence-electron chi connectivity index (χ3n) is 8.28. The van der Waals surface area contributed by atoms with E-state index in [0.29, 0.717) is 22.6 Å². The second-order valence-corrected chi connectivity index (χ2v) is 14.2. The normalized spacial score (nSPS) is 14.2. The smallest absolute Gasteiger partial charge is 0.663 e. The predicted octanol–water partition coefficient (Wildman–Crippen LogP) is 9.02. The van der Waals surface area contributed by atoms with Crippen LogP contribution in [0.3, 0.4) is 0 Å². The molecule has 0 radical (unpaired) electrons. The van der Waals surface area contributed by atoms with Crippen molar-refractivity contribution in [1.82, 2.24) is 0 Å². The van der Waals surface area contributed by atoms with Crippen LogP contribution in [0.4, 0.5) is 22.7 Å². The predicted molar refractivity (Wildman–Crippen MR) is 239 cm³/mol. The summed E-state index contributed by atoms with van der Waals surface area (Å²) in [6.07, 6.45) is 3.21. The van der Waals surface area contributed by atoms with Gasteiger partial charge in [0.2, 0.25) is 0 Å². The van der Waals surface area contributed by atoms with E-state index in [9.17, 15) is 9.59 Å². The van der Waals surface area contributed by atoms with E-state index < -0.39 is 0 Å². The molecule has 0 saturated heterocycles. The molecule has 2 aliphatic rings. The van der Waals surface area contributed by atoms with Crippen LogP contribution in [0.1, 0.15) is 66.5 Å². The van der Waals surface area contributed by atoms with Crippen molar-refractivity contribution in [1.29, 1.82) is 0 Å². The number of hydrogen-bond acceptors (Lipinski definition) is 8. The summed E-state index contributed by atoms with van der Waals surface area (Å²) in [7, 11) is 4.00.